The number of hydrogen-bond donors (Lipinski definition) is 0. The van der Waals surface area contributed by atoms with Gasteiger partial charge < -0.3 is 28.4 Å². The highest BCUT2D eigenvalue weighted by Gasteiger charge is 2.09. The Labute approximate surface area is 374 Å². The van der Waals surface area contributed by atoms with Gasteiger partial charge in [-0.05, 0) is 137 Å². The molecule has 0 amide bonds. The quantitative estimate of drug-likeness (QED) is 0.0267. The number of allylic oxidation sites excluding steroid dienone is 1. The summed E-state index contributed by atoms with van der Waals surface area (Å²) in [7, 11) is 3.40. The second-order valence-corrected chi connectivity index (χ2v) is 12.4. The molecule has 0 fully saturated rings. The van der Waals surface area contributed by atoms with Gasteiger partial charge in [0.2, 0.25) is 0 Å². The Bertz CT molecular complexity index is 1610. The number of benzene rings is 3. The minimum Gasteiger partial charge on any atom is -0.496 e. The van der Waals surface area contributed by atoms with E-state index in [2.05, 4.69) is 38.0 Å². The molecule has 0 saturated heterocycles. The van der Waals surface area contributed by atoms with E-state index >= 15 is 0 Å². The van der Waals surface area contributed by atoms with Crippen molar-refractivity contribution in [3.8, 4) is 29.1 Å². The number of aryl methyl sites for hydroxylation is 1. The molecule has 3 aromatic rings. The summed E-state index contributed by atoms with van der Waals surface area (Å²) in [6, 6.07) is 20.2. The first-order valence-electron chi connectivity index (χ1n) is 21.7. The molecule has 10 heteroatoms. The molecule has 0 spiro atoms. The second-order valence-electron chi connectivity index (χ2n) is 12.4. The van der Waals surface area contributed by atoms with E-state index in [1.807, 2.05) is 65.8 Å². The minimum atomic E-state index is -0.381. The zero-order valence-corrected chi connectivity index (χ0v) is 39.3. The van der Waals surface area contributed by atoms with Crippen LogP contribution in [0.4, 0.5) is 0 Å². The van der Waals surface area contributed by atoms with Crippen LogP contribution in [0, 0.1) is 11.8 Å². The molecule has 0 aliphatic rings. The summed E-state index contributed by atoms with van der Waals surface area (Å²) < 4.78 is 32.0. The van der Waals surface area contributed by atoms with E-state index in [0.717, 1.165) is 99.2 Å². The normalized spacial score (nSPS) is 9.05. The largest absolute Gasteiger partial charge is 0.496 e. The highest BCUT2D eigenvalue weighted by Crippen LogP contribution is 2.21. The molecular weight excluding hydrogens is 785 g/mol. The summed E-state index contributed by atoms with van der Waals surface area (Å²) in [6.07, 6.45) is 13.6. The van der Waals surface area contributed by atoms with E-state index in [1.54, 1.807) is 50.6 Å². The number of hydrogen-bond acceptors (Lipinski definition) is 10. The van der Waals surface area contributed by atoms with Crippen LogP contribution in [0.1, 0.15) is 132 Å². The maximum absolute atomic E-state index is 12.3. The van der Waals surface area contributed by atoms with Crippen LogP contribution < -0.4 is 14.2 Å². The monoisotopic (exact) mass is 861 g/mol. The third-order valence-corrected chi connectivity index (χ3v) is 8.03. The lowest BCUT2D eigenvalue weighted by molar-refractivity contribution is -0.137. The molecule has 0 bridgehead atoms. The molecule has 0 aromatic heterocycles. The number of unbranched alkanes of at least 4 members (excludes halogenated alkanes) is 6. The molecule has 3 aromatic carbocycles. The molecule has 10 nitrogen and oxygen atoms in total. The van der Waals surface area contributed by atoms with Crippen molar-refractivity contribution in [2.24, 2.45) is 0 Å². The predicted molar refractivity (Wildman–Crippen MR) is 254 cm³/mol. The number of rotatable bonds is 25. The predicted octanol–water partition coefficient (Wildman–Crippen LogP) is 11.9. The van der Waals surface area contributed by atoms with E-state index < -0.39 is 0 Å². The van der Waals surface area contributed by atoms with Gasteiger partial charge in [0.25, 0.3) is 0 Å². The maximum atomic E-state index is 12.3. The standard InChI is InChI=1S/C27H34O6.C14H20O3.C4H6.C3H4O.2C2H6/c1-4-22-20-21(10-15-25(22)30-3)16-19-33-27(29)23-11-13-24(14-12-23)31-17-8-6-7-9-18-32-26(28)5-2;1-16-10-4-2-3-5-11-17-14-8-6-13(12-15)7-9-14;1-3-4-2;1-2-3-4;2*1-2/h5,10-15,20H,2,4,6-9,16-19H2,1,3H3;6-9,12H,2-5,10-11H2,1H3;1-2H3;2-3H,1H2;2*1-2H3. The molecule has 0 atom stereocenters. The molecule has 0 N–H and O–H groups in total. The molecule has 344 valence electrons. The second kappa shape index (κ2) is 46.4. The zero-order valence-electron chi connectivity index (χ0n) is 39.3. The van der Waals surface area contributed by atoms with Crippen molar-refractivity contribution < 1.29 is 47.6 Å². The molecular formula is C52H76O10. The highest BCUT2D eigenvalue weighted by atomic mass is 16.5. The number of aldehydes is 2. The molecule has 62 heavy (non-hydrogen) atoms. The van der Waals surface area contributed by atoms with Crippen molar-refractivity contribution in [2.75, 3.05) is 47.3 Å². The van der Waals surface area contributed by atoms with E-state index in [-0.39, 0.29) is 11.9 Å². The first-order valence-corrected chi connectivity index (χ1v) is 21.7. The fourth-order valence-corrected chi connectivity index (χ4v) is 4.81. The van der Waals surface area contributed by atoms with Gasteiger partial charge in [-0.15, -0.1) is 11.8 Å². The van der Waals surface area contributed by atoms with E-state index in [0.29, 0.717) is 43.7 Å². The van der Waals surface area contributed by atoms with Crippen molar-refractivity contribution in [1.29, 1.82) is 0 Å². The summed E-state index contributed by atoms with van der Waals surface area (Å²) in [4.78, 5) is 42.7. The van der Waals surface area contributed by atoms with Crippen LogP contribution in [0.5, 0.6) is 17.2 Å². The van der Waals surface area contributed by atoms with Crippen molar-refractivity contribution in [2.45, 2.75) is 113 Å². The lowest BCUT2D eigenvalue weighted by atomic mass is 10.1. The number of carbonyl (C=O) groups is 4. The summed E-state index contributed by atoms with van der Waals surface area (Å²) in [5, 5.41) is 0. The number of methoxy groups -OCH3 is 2. The Kier molecular flexibility index (Phi) is 45.4. The van der Waals surface area contributed by atoms with Gasteiger partial charge in [0.1, 0.15) is 29.8 Å². The van der Waals surface area contributed by atoms with Gasteiger partial charge >= 0.3 is 11.9 Å². The van der Waals surface area contributed by atoms with Gasteiger partial charge in [-0.3, -0.25) is 9.59 Å². The number of ether oxygens (including phenoxy) is 6. The van der Waals surface area contributed by atoms with Crippen LogP contribution in [-0.4, -0.2) is 71.8 Å². The summed E-state index contributed by atoms with van der Waals surface area (Å²) in [5.41, 5.74) is 3.44. The first-order chi connectivity index (χ1) is 30.3. The molecule has 0 aliphatic carbocycles. The number of esters is 2. The third-order valence-electron chi connectivity index (χ3n) is 8.03. The summed E-state index contributed by atoms with van der Waals surface area (Å²) >= 11 is 0. The molecule has 3 rings (SSSR count). The van der Waals surface area contributed by atoms with Gasteiger partial charge in [-0.1, -0.05) is 66.3 Å². The average molecular weight is 861 g/mol. The fraction of sp³-hybridized carbons (Fsp3) is 0.462. The van der Waals surface area contributed by atoms with Crippen LogP contribution in [0.25, 0.3) is 0 Å². The Morgan fingerprint density at radius 2 is 1.15 bits per heavy atom. The zero-order chi connectivity index (χ0) is 47.1. The Balaban J connectivity index is -0.000000995. The third kappa shape index (κ3) is 34.1. The Morgan fingerprint density at radius 3 is 1.58 bits per heavy atom. The first kappa shape index (κ1) is 60.6. The van der Waals surface area contributed by atoms with Crippen LogP contribution >= 0.6 is 0 Å². The molecule has 0 aliphatic heterocycles. The van der Waals surface area contributed by atoms with Crippen molar-refractivity contribution in [3.05, 3.63) is 114 Å². The van der Waals surface area contributed by atoms with Crippen LogP contribution in [0.3, 0.4) is 0 Å². The molecule has 0 radical (unpaired) electrons. The lowest BCUT2D eigenvalue weighted by Crippen LogP contribution is -2.08. The van der Waals surface area contributed by atoms with E-state index in [4.69, 9.17) is 33.2 Å². The van der Waals surface area contributed by atoms with Gasteiger partial charge in [0.05, 0.1) is 39.1 Å². The van der Waals surface area contributed by atoms with Gasteiger partial charge in [-0.25, -0.2) is 9.59 Å². The van der Waals surface area contributed by atoms with E-state index in [9.17, 15) is 14.4 Å². The highest BCUT2D eigenvalue weighted by molar-refractivity contribution is 5.89. The van der Waals surface area contributed by atoms with Gasteiger partial charge in [0.15, 0.2) is 0 Å². The molecule has 0 unspecified atom stereocenters. The van der Waals surface area contributed by atoms with Crippen LogP contribution in [0.2, 0.25) is 0 Å². The topological polar surface area (TPSA) is 124 Å². The maximum Gasteiger partial charge on any atom is 0.338 e. The Morgan fingerprint density at radius 1 is 0.645 bits per heavy atom. The van der Waals surface area contributed by atoms with Gasteiger partial charge in [0, 0.05) is 31.8 Å². The fourth-order valence-electron chi connectivity index (χ4n) is 4.81. The lowest BCUT2D eigenvalue weighted by Gasteiger charge is -2.10. The van der Waals surface area contributed by atoms with E-state index in [1.165, 1.54) is 18.6 Å². The van der Waals surface area contributed by atoms with Crippen molar-refractivity contribution >= 4 is 24.5 Å². The van der Waals surface area contributed by atoms with Crippen LogP contribution in [-0.2, 0) is 36.6 Å². The summed E-state index contributed by atoms with van der Waals surface area (Å²) in [5.74, 6) is 7.06. The van der Waals surface area contributed by atoms with Crippen molar-refractivity contribution in [3.63, 3.8) is 0 Å². The smallest absolute Gasteiger partial charge is 0.338 e. The minimum absolute atomic E-state index is 0.319. The average Bonchev–Trinajstić information content (AvgIpc) is 3.33. The summed E-state index contributed by atoms with van der Waals surface area (Å²) in [6.45, 7) is 23.1. The SMILES string of the molecule is C=CC(=O)OCCCCCCOc1ccc(C(=O)OCCc2ccc(OC)c(CC)c2)cc1.C=CC=O.CC.CC.CC#CC.COCCCCCCOc1ccc(C=O)cc1. The van der Waals surface area contributed by atoms with Gasteiger partial charge in [-0.2, -0.15) is 0 Å². The number of carbonyl (C=O) groups excluding carboxylic acids is 4. The molecule has 0 saturated carbocycles. The Hall–Kier alpha value is -5.66. The molecule has 0 heterocycles. The van der Waals surface area contributed by atoms with Crippen LogP contribution in [0.15, 0.2) is 92.0 Å². The van der Waals surface area contributed by atoms with Crippen molar-refractivity contribution in [1.82, 2.24) is 0 Å².